The third kappa shape index (κ3) is 75.7. The SMILES string of the molecule is C.C.C.C.C.C.CCCCC(C)O. The highest BCUT2D eigenvalue weighted by Crippen LogP contribution is 1.97. The van der Waals surface area contributed by atoms with E-state index < -0.39 is 0 Å². The van der Waals surface area contributed by atoms with Gasteiger partial charge in [-0.15, -0.1) is 0 Å². The maximum atomic E-state index is 8.68. The van der Waals surface area contributed by atoms with Crippen LogP contribution in [0.3, 0.4) is 0 Å². The number of unbranched alkanes of at least 4 members (excludes halogenated alkanes) is 1. The van der Waals surface area contributed by atoms with Gasteiger partial charge in [0.15, 0.2) is 0 Å². The first-order valence-electron chi connectivity index (χ1n) is 2.95. The Hall–Kier alpha value is -0.0400. The number of rotatable bonds is 3. The van der Waals surface area contributed by atoms with Gasteiger partial charge in [-0.05, 0) is 13.3 Å². The molecule has 0 radical (unpaired) electrons. The maximum Gasteiger partial charge on any atom is 0.0512 e. The lowest BCUT2D eigenvalue weighted by atomic mass is 10.2. The van der Waals surface area contributed by atoms with Crippen molar-refractivity contribution in [3.8, 4) is 0 Å². The van der Waals surface area contributed by atoms with Crippen LogP contribution in [0, 0.1) is 0 Å². The normalized spacial score (nSPS) is 7.62. The van der Waals surface area contributed by atoms with Gasteiger partial charge in [0.25, 0.3) is 0 Å². The van der Waals surface area contributed by atoms with Crippen molar-refractivity contribution in [3.63, 3.8) is 0 Å². The molecule has 0 aliphatic rings. The minimum atomic E-state index is -0.0973. The molecule has 0 rings (SSSR count). The van der Waals surface area contributed by atoms with Crippen LogP contribution in [0.2, 0.25) is 0 Å². The van der Waals surface area contributed by atoms with E-state index in [0.29, 0.717) is 0 Å². The number of hydrogen-bond acceptors (Lipinski definition) is 1. The molecule has 1 N–H and O–H groups in total. The van der Waals surface area contributed by atoms with Crippen molar-refractivity contribution in [2.24, 2.45) is 0 Å². The predicted molar refractivity (Wildman–Crippen MR) is 71.6 cm³/mol. The summed E-state index contributed by atoms with van der Waals surface area (Å²) in [6, 6.07) is 0. The Kier molecular flexibility index (Phi) is 162. The average molecular weight is 198 g/mol. The molecule has 0 saturated heterocycles. The van der Waals surface area contributed by atoms with Crippen molar-refractivity contribution in [3.05, 3.63) is 0 Å². The van der Waals surface area contributed by atoms with Gasteiger partial charge in [-0.3, -0.25) is 0 Å². The summed E-state index contributed by atoms with van der Waals surface area (Å²) in [5.41, 5.74) is 0. The monoisotopic (exact) mass is 198 g/mol. The first-order valence-corrected chi connectivity index (χ1v) is 2.95. The Morgan fingerprint density at radius 3 is 1.31 bits per heavy atom. The lowest BCUT2D eigenvalue weighted by Gasteiger charge is -1.98. The largest absolute Gasteiger partial charge is 0.393 e. The first-order chi connectivity index (χ1) is 3.27. The zero-order valence-corrected chi connectivity index (χ0v) is 5.15. The number of aliphatic hydroxyl groups is 1. The van der Waals surface area contributed by atoms with Crippen LogP contribution in [0.25, 0.3) is 0 Å². The first kappa shape index (κ1) is 52.2. The molecule has 0 bridgehead atoms. The molecule has 1 unspecified atom stereocenters. The van der Waals surface area contributed by atoms with Gasteiger partial charge in [-0.1, -0.05) is 64.3 Å². The van der Waals surface area contributed by atoms with Crippen LogP contribution in [0.4, 0.5) is 0 Å². The van der Waals surface area contributed by atoms with Crippen LogP contribution in [0.15, 0.2) is 0 Å². The van der Waals surface area contributed by atoms with E-state index in [-0.39, 0.29) is 50.7 Å². The summed E-state index contributed by atoms with van der Waals surface area (Å²) in [4.78, 5) is 0. The Morgan fingerprint density at radius 2 is 1.23 bits per heavy atom. The zero-order chi connectivity index (χ0) is 5.70. The molecule has 0 aromatic rings. The molecule has 1 nitrogen and oxygen atoms in total. The van der Waals surface area contributed by atoms with Gasteiger partial charge in [-0.25, -0.2) is 0 Å². The molecule has 0 aliphatic heterocycles. The summed E-state index contributed by atoms with van der Waals surface area (Å²) in [5.74, 6) is 0. The van der Waals surface area contributed by atoms with E-state index in [1.165, 1.54) is 6.42 Å². The summed E-state index contributed by atoms with van der Waals surface area (Å²) in [5, 5.41) is 8.68. The van der Waals surface area contributed by atoms with E-state index in [1.54, 1.807) is 0 Å². The smallest absolute Gasteiger partial charge is 0.0512 e. The highest BCUT2D eigenvalue weighted by atomic mass is 16.3. The molecule has 0 aliphatic carbocycles. The average Bonchev–Trinajstić information content (AvgIpc) is 1.61. The van der Waals surface area contributed by atoms with Gasteiger partial charge >= 0.3 is 0 Å². The van der Waals surface area contributed by atoms with E-state index in [1.807, 2.05) is 6.92 Å². The summed E-state index contributed by atoms with van der Waals surface area (Å²) in [6.45, 7) is 3.96. The summed E-state index contributed by atoms with van der Waals surface area (Å²) in [6.07, 6.45) is 3.19. The molecule has 13 heavy (non-hydrogen) atoms. The molecule has 1 heteroatoms. The summed E-state index contributed by atoms with van der Waals surface area (Å²) >= 11 is 0. The van der Waals surface area contributed by atoms with Crippen molar-refractivity contribution < 1.29 is 5.11 Å². The molecule has 0 aromatic heterocycles. The van der Waals surface area contributed by atoms with E-state index >= 15 is 0 Å². The highest BCUT2D eigenvalue weighted by Gasteiger charge is 1.90. The van der Waals surface area contributed by atoms with Crippen LogP contribution in [-0.2, 0) is 0 Å². The van der Waals surface area contributed by atoms with Crippen LogP contribution in [-0.4, -0.2) is 11.2 Å². The fourth-order valence-corrected chi connectivity index (χ4v) is 0.500. The second-order valence-corrected chi connectivity index (χ2v) is 1.99. The molecule has 0 heterocycles. The number of hydrogen-bond donors (Lipinski definition) is 1. The second kappa shape index (κ2) is 40.4. The third-order valence-corrected chi connectivity index (χ3v) is 0.975. The standard InChI is InChI=1S/C6H14O.6CH4/c1-3-4-5-6(2)7;;;;;;/h6-7H,3-5H2,1-2H3;6*1H4. The van der Waals surface area contributed by atoms with Crippen molar-refractivity contribution in [1.82, 2.24) is 0 Å². The predicted octanol–water partition coefficient (Wildman–Crippen LogP) is 5.37. The van der Waals surface area contributed by atoms with Crippen LogP contribution < -0.4 is 0 Å². The minimum absolute atomic E-state index is 0. The molecular formula is C12H38O. The third-order valence-electron chi connectivity index (χ3n) is 0.975. The molecule has 0 saturated carbocycles. The van der Waals surface area contributed by atoms with Gasteiger partial charge in [0.05, 0.1) is 6.10 Å². The fraction of sp³-hybridized carbons (Fsp3) is 1.00. The summed E-state index contributed by atoms with van der Waals surface area (Å²) < 4.78 is 0. The molecule has 1 atom stereocenters. The lowest BCUT2D eigenvalue weighted by molar-refractivity contribution is 0.181. The summed E-state index contributed by atoms with van der Waals surface area (Å²) in [7, 11) is 0. The van der Waals surface area contributed by atoms with Gasteiger partial charge in [0.2, 0.25) is 0 Å². The molecular weight excluding hydrogens is 160 g/mol. The van der Waals surface area contributed by atoms with Gasteiger partial charge in [0, 0.05) is 0 Å². The fourth-order valence-electron chi connectivity index (χ4n) is 0.500. The lowest BCUT2D eigenvalue weighted by Crippen LogP contribution is -1.97. The Bertz CT molecular complexity index is 34.1. The molecule has 0 aromatic carbocycles. The highest BCUT2D eigenvalue weighted by molar-refractivity contribution is 4.43. The zero-order valence-electron chi connectivity index (χ0n) is 5.15. The van der Waals surface area contributed by atoms with Crippen LogP contribution in [0.1, 0.15) is 77.7 Å². The minimum Gasteiger partial charge on any atom is -0.393 e. The molecule has 0 spiro atoms. The van der Waals surface area contributed by atoms with Crippen molar-refractivity contribution in [2.75, 3.05) is 0 Å². The molecule has 92 valence electrons. The van der Waals surface area contributed by atoms with Crippen molar-refractivity contribution in [1.29, 1.82) is 0 Å². The van der Waals surface area contributed by atoms with E-state index in [2.05, 4.69) is 6.92 Å². The molecule has 0 amide bonds. The Balaban J connectivity index is -0.0000000120. The van der Waals surface area contributed by atoms with Gasteiger partial charge in [-0.2, -0.15) is 0 Å². The van der Waals surface area contributed by atoms with Crippen molar-refractivity contribution in [2.45, 2.75) is 83.8 Å². The Labute approximate surface area is 89.6 Å². The number of aliphatic hydroxyl groups excluding tert-OH is 1. The van der Waals surface area contributed by atoms with Gasteiger partial charge in [0.1, 0.15) is 0 Å². The molecule has 0 fully saturated rings. The van der Waals surface area contributed by atoms with E-state index in [0.717, 1.165) is 12.8 Å². The maximum absolute atomic E-state index is 8.68. The quantitative estimate of drug-likeness (QED) is 0.646. The van der Waals surface area contributed by atoms with Gasteiger partial charge < -0.3 is 5.11 Å². The van der Waals surface area contributed by atoms with E-state index in [9.17, 15) is 0 Å². The topological polar surface area (TPSA) is 20.2 Å². The van der Waals surface area contributed by atoms with Crippen molar-refractivity contribution >= 4 is 0 Å². The Morgan fingerprint density at radius 1 is 0.923 bits per heavy atom. The van der Waals surface area contributed by atoms with E-state index in [4.69, 9.17) is 5.11 Å². The van der Waals surface area contributed by atoms with Crippen LogP contribution in [0.5, 0.6) is 0 Å². The second-order valence-electron chi connectivity index (χ2n) is 1.99. The van der Waals surface area contributed by atoms with Crippen LogP contribution >= 0.6 is 0 Å².